The summed E-state index contributed by atoms with van der Waals surface area (Å²) in [5.41, 5.74) is 1.83. The molecule has 6 nitrogen and oxygen atoms in total. The molecule has 1 aromatic rings. The Hall–Kier alpha value is -2.08. The maximum absolute atomic E-state index is 11.7. The van der Waals surface area contributed by atoms with Gasteiger partial charge in [0.2, 0.25) is 0 Å². The summed E-state index contributed by atoms with van der Waals surface area (Å²) in [7, 11) is 3.44. The third kappa shape index (κ3) is 6.38. The number of carbonyl (C=O) groups is 1. The van der Waals surface area contributed by atoms with E-state index in [1.165, 1.54) is 12.8 Å². The normalized spacial score (nSPS) is 14.5. The Morgan fingerprint density at radius 2 is 2.04 bits per heavy atom. The molecule has 1 fully saturated rings. The number of hydrogen-bond acceptors (Lipinski definition) is 3. The maximum Gasteiger partial charge on any atom is 0.251 e. The van der Waals surface area contributed by atoms with Crippen molar-refractivity contribution in [3.63, 3.8) is 0 Å². The van der Waals surface area contributed by atoms with Gasteiger partial charge in [-0.25, -0.2) is 0 Å². The van der Waals surface area contributed by atoms with E-state index in [1.54, 1.807) is 14.1 Å². The maximum atomic E-state index is 11.7. The van der Waals surface area contributed by atoms with Crippen molar-refractivity contribution in [2.75, 3.05) is 40.3 Å². The van der Waals surface area contributed by atoms with E-state index in [0.717, 1.165) is 50.2 Å². The van der Waals surface area contributed by atoms with Crippen molar-refractivity contribution in [3.8, 4) is 0 Å². The average Bonchev–Trinajstić information content (AvgIpc) is 3.48. The van der Waals surface area contributed by atoms with Gasteiger partial charge in [-0.1, -0.05) is 19.1 Å². The van der Waals surface area contributed by atoms with E-state index in [9.17, 15) is 4.79 Å². The van der Waals surface area contributed by atoms with Crippen LogP contribution in [0.2, 0.25) is 0 Å². The molecular formula is C19H31N5O. The minimum atomic E-state index is -0.0524. The molecule has 1 saturated carbocycles. The van der Waals surface area contributed by atoms with Crippen molar-refractivity contribution >= 4 is 11.9 Å². The van der Waals surface area contributed by atoms with Crippen LogP contribution in [0.4, 0.5) is 0 Å². The van der Waals surface area contributed by atoms with Gasteiger partial charge in [-0.15, -0.1) is 0 Å². The molecule has 0 spiro atoms. The van der Waals surface area contributed by atoms with Crippen LogP contribution >= 0.6 is 0 Å². The van der Waals surface area contributed by atoms with E-state index >= 15 is 0 Å². The number of carbonyl (C=O) groups excluding carboxylic acids is 1. The zero-order valence-electron chi connectivity index (χ0n) is 15.6. The third-order valence-corrected chi connectivity index (χ3v) is 4.51. The van der Waals surface area contributed by atoms with Crippen LogP contribution in [0, 0.1) is 0 Å². The van der Waals surface area contributed by atoms with Gasteiger partial charge in [-0.3, -0.25) is 14.7 Å². The first-order valence-electron chi connectivity index (χ1n) is 9.17. The van der Waals surface area contributed by atoms with E-state index in [-0.39, 0.29) is 5.91 Å². The Labute approximate surface area is 151 Å². The van der Waals surface area contributed by atoms with Gasteiger partial charge in [0.25, 0.3) is 5.91 Å². The van der Waals surface area contributed by atoms with Crippen LogP contribution < -0.4 is 16.0 Å². The number of benzene rings is 1. The molecule has 1 aliphatic rings. The van der Waals surface area contributed by atoms with Crippen molar-refractivity contribution in [1.29, 1.82) is 0 Å². The second-order valence-corrected chi connectivity index (χ2v) is 6.32. The number of aliphatic imine (C=N–C) groups is 1. The van der Waals surface area contributed by atoms with Gasteiger partial charge in [-0.2, -0.15) is 0 Å². The number of likely N-dealkylation sites (N-methyl/N-ethyl adjacent to an activating group) is 1. The van der Waals surface area contributed by atoms with Crippen molar-refractivity contribution in [3.05, 3.63) is 35.4 Å². The van der Waals surface area contributed by atoms with Crippen LogP contribution in [0.5, 0.6) is 0 Å². The molecule has 0 heterocycles. The van der Waals surface area contributed by atoms with Gasteiger partial charge < -0.3 is 16.0 Å². The lowest BCUT2D eigenvalue weighted by atomic mass is 10.1. The minimum Gasteiger partial charge on any atom is -0.356 e. The first kappa shape index (κ1) is 19.2. The summed E-state index contributed by atoms with van der Waals surface area (Å²) < 4.78 is 0. The molecule has 0 aromatic heterocycles. The molecule has 0 bridgehead atoms. The van der Waals surface area contributed by atoms with Gasteiger partial charge in [0.05, 0.1) is 0 Å². The molecule has 1 amide bonds. The molecule has 0 radical (unpaired) electrons. The predicted molar refractivity (Wildman–Crippen MR) is 103 cm³/mol. The quantitative estimate of drug-likeness (QED) is 0.465. The van der Waals surface area contributed by atoms with Crippen molar-refractivity contribution in [2.45, 2.75) is 32.2 Å². The second kappa shape index (κ2) is 10.0. The first-order valence-corrected chi connectivity index (χ1v) is 9.17. The van der Waals surface area contributed by atoms with Crippen LogP contribution in [0.3, 0.4) is 0 Å². The molecule has 3 N–H and O–H groups in total. The summed E-state index contributed by atoms with van der Waals surface area (Å²) in [6.07, 6.45) is 3.53. The van der Waals surface area contributed by atoms with Crippen LogP contribution in [-0.4, -0.2) is 63.1 Å². The fourth-order valence-corrected chi connectivity index (χ4v) is 2.91. The fraction of sp³-hybridized carbons (Fsp3) is 0.579. The van der Waals surface area contributed by atoms with E-state index in [4.69, 9.17) is 0 Å². The molecule has 1 aromatic carbocycles. The summed E-state index contributed by atoms with van der Waals surface area (Å²) in [5.74, 6) is 0.776. The standard InChI is InChI=1S/C19H31N5O/c1-4-24(17-8-9-17)13-12-23-19(21-3)22-11-10-15-6-5-7-16(14-15)18(25)20-2/h5-7,14,17H,4,8-13H2,1-3H3,(H,20,25)(H2,21,22,23). The Morgan fingerprint density at radius 1 is 1.28 bits per heavy atom. The Bertz CT molecular complexity index is 583. The van der Waals surface area contributed by atoms with Crippen LogP contribution in [0.15, 0.2) is 29.3 Å². The summed E-state index contributed by atoms with van der Waals surface area (Å²) in [6.45, 7) is 6.06. The summed E-state index contributed by atoms with van der Waals surface area (Å²) in [6, 6.07) is 8.53. The van der Waals surface area contributed by atoms with Crippen LogP contribution in [0.1, 0.15) is 35.7 Å². The van der Waals surface area contributed by atoms with Gasteiger partial charge in [-0.05, 0) is 43.5 Å². The van der Waals surface area contributed by atoms with Gasteiger partial charge in [0.15, 0.2) is 5.96 Å². The molecule has 2 rings (SSSR count). The van der Waals surface area contributed by atoms with Crippen LogP contribution in [0.25, 0.3) is 0 Å². The molecule has 1 aliphatic carbocycles. The fourth-order valence-electron chi connectivity index (χ4n) is 2.91. The topological polar surface area (TPSA) is 68.8 Å². The van der Waals surface area contributed by atoms with Crippen molar-refractivity contribution in [1.82, 2.24) is 20.9 Å². The number of hydrogen-bond donors (Lipinski definition) is 3. The Morgan fingerprint density at radius 3 is 2.68 bits per heavy atom. The molecule has 0 atom stereocenters. The molecule has 0 saturated heterocycles. The van der Waals surface area contributed by atoms with Crippen molar-refractivity contribution in [2.24, 2.45) is 4.99 Å². The SMILES string of the molecule is CCN(CCNC(=NC)NCCc1cccc(C(=O)NC)c1)C1CC1. The lowest BCUT2D eigenvalue weighted by Crippen LogP contribution is -2.42. The number of nitrogens with zero attached hydrogens (tertiary/aromatic N) is 2. The number of guanidine groups is 1. The lowest BCUT2D eigenvalue weighted by Gasteiger charge is -2.20. The molecular weight excluding hydrogens is 314 g/mol. The lowest BCUT2D eigenvalue weighted by molar-refractivity contribution is 0.0963. The smallest absolute Gasteiger partial charge is 0.251 e. The number of amides is 1. The Balaban J connectivity index is 1.71. The summed E-state index contributed by atoms with van der Waals surface area (Å²) in [4.78, 5) is 18.5. The highest BCUT2D eigenvalue weighted by Crippen LogP contribution is 2.25. The molecule has 6 heteroatoms. The third-order valence-electron chi connectivity index (χ3n) is 4.51. The number of nitrogens with one attached hydrogen (secondary N) is 3. The minimum absolute atomic E-state index is 0.0524. The number of rotatable bonds is 9. The predicted octanol–water partition coefficient (Wildman–Crippen LogP) is 1.24. The van der Waals surface area contributed by atoms with Gasteiger partial charge in [0, 0.05) is 45.3 Å². The first-order chi connectivity index (χ1) is 12.2. The zero-order chi connectivity index (χ0) is 18.1. The Kier molecular flexibility index (Phi) is 7.73. The van der Waals surface area contributed by atoms with Gasteiger partial charge in [0.1, 0.15) is 0 Å². The summed E-state index contributed by atoms with van der Waals surface area (Å²) >= 11 is 0. The zero-order valence-corrected chi connectivity index (χ0v) is 15.6. The largest absolute Gasteiger partial charge is 0.356 e. The van der Waals surface area contributed by atoms with E-state index < -0.39 is 0 Å². The van der Waals surface area contributed by atoms with Crippen molar-refractivity contribution < 1.29 is 4.79 Å². The highest BCUT2D eigenvalue weighted by Gasteiger charge is 2.27. The highest BCUT2D eigenvalue weighted by atomic mass is 16.1. The van der Waals surface area contributed by atoms with E-state index in [2.05, 4.69) is 32.8 Å². The molecule has 138 valence electrons. The van der Waals surface area contributed by atoms with Crippen LogP contribution in [-0.2, 0) is 6.42 Å². The summed E-state index contributed by atoms with van der Waals surface area (Å²) in [5, 5.41) is 9.37. The molecule has 0 aliphatic heterocycles. The van der Waals surface area contributed by atoms with E-state index in [0.29, 0.717) is 5.56 Å². The molecule has 25 heavy (non-hydrogen) atoms. The van der Waals surface area contributed by atoms with E-state index in [1.807, 2.05) is 24.3 Å². The van der Waals surface area contributed by atoms with Gasteiger partial charge >= 0.3 is 0 Å². The monoisotopic (exact) mass is 345 g/mol. The highest BCUT2D eigenvalue weighted by molar-refractivity contribution is 5.94. The second-order valence-electron chi connectivity index (χ2n) is 6.32. The average molecular weight is 345 g/mol. The molecule has 0 unspecified atom stereocenters.